The van der Waals surface area contributed by atoms with Gasteiger partial charge in [-0.15, -0.1) is 0 Å². The van der Waals surface area contributed by atoms with E-state index in [-0.39, 0.29) is 16.4 Å². The van der Waals surface area contributed by atoms with Crippen molar-refractivity contribution in [1.82, 2.24) is 8.96 Å². The van der Waals surface area contributed by atoms with Gasteiger partial charge in [0.2, 0.25) is 0 Å². The average Bonchev–Trinajstić information content (AvgIpc) is 3.01. The minimum absolute atomic E-state index is 0.0695. The molecule has 0 radical (unpaired) electrons. The first-order valence-electron chi connectivity index (χ1n) is 6.94. The predicted molar refractivity (Wildman–Crippen MR) is 86.8 cm³/mol. The Kier molecular flexibility index (Phi) is 3.83. The fourth-order valence-electron chi connectivity index (χ4n) is 2.22. The third kappa shape index (κ3) is 2.80. The largest absolute Gasteiger partial charge is 0.296 e. The number of hydrogen-bond donors (Lipinski definition) is 0. The molecule has 0 fully saturated rings. The van der Waals surface area contributed by atoms with Gasteiger partial charge in [0.25, 0.3) is 10.0 Å². The maximum atomic E-state index is 12.8. The maximum absolute atomic E-state index is 12.8. The van der Waals surface area contributed by atoms with E-state index >= 15 is 0 Å². The van der Waals surface area contributed by atoms with Crippen LogP contribution in [0, 0.1) is 6.92 Å². The van der Waals surface area contributed by atoms with Gasteiger partial charge in [0, 0.05) is 5.56 Å². The fraction of sp³-hybridized carbons (Fsp3) is 0.0588. The van der Waals surface area contributed by atoms with Crippen LogP contribution < -0.4 is 0 Å². The summed E-state index contributed by atoms with van der Waals surface area (Å²) >= 11 is 0. The minimum atomic E-state index is -3.82. The van der Waals surface area contributed by atoms with E-state index in [1.165, 1.54) is 18.3 Å². The van der Waals surface area contributed by atoms with Gasteiger partial charge in [0.1, 0.15) is 5.69 Å². The molecular weight excluding hydrogens is 312 g/mol. The Morgan fingerprint density at radius 3 is 2.26 bits per heavy atom. The van der Waals surface area contributed by atoms with E-state index in [9.17, 15) is 13.2 Å². The second-order valence-electron chi connectivity index (χ2n) is 5.09. The Balaban J connectivity index is 2.22. The highest BCUT2D eigenvalue weighted by Gasteiger charge is 2.22. The lowest BCUT2D eigenvalue weighted by Gasteiger charge is -2.09. The van der Waals surface area contributed by atoms with Gasteiger partial charge in [-0.1, -0.05) is 48.0 Å². The zero-order valence-electron chi connectivity index (χ0n) is 12.4. The Hall–Kier alpha value is -2.73. The second-order valence-corrected chi connectivity index (χ2v) is 6.90. The number of imidazole rings is 1. The molecule has 0 spiro atoms. The molecule has 2 aromatic carbocycles. The quantitative estimate of drug-likeness (QED) is 0.691. The summed E-state index contributed by atoms with van der Waals surface area (Å²) in [6.07, 6.45) is 1.78. The van der Waals surface area contributed by atoms with Crippen LogP contribution in [0.15, 0.2) is 65.7 Å². The number of benzene rings is 2. The maximum Gasteiger partial charge on any atom is 0.269 e. The van der Waals surface area contributed by atoms with Crippen LogP contribution in [0.3, 0.4) is 0 Å². The van der Waals surface area contributed by atoms with Crippen molar-refractivity contribution in [3.05, 3.63) is 72.1 Å². The number of carbonyl (C=O) groups is 1. The third-order valence-corrected chi connectivity index (χ3v) is 5.09. The molecule has 0 saturated carbocycles. The van der Waals surface area contributed by atoms with E-state index in [0.717, 1.165) is 9.54 Å². The zero-order chi connectivity index (χ0) is 16.4. The molecule has 1 aromatic heterocycles. The van der Waals surface area contributed by atoms with Crippen LogP contribution >= 0.6 is 0 Å². The first-order valence-corrected chi connectivity index (χ1v) is 8.38. The summed E-state index contributed by atoms with van der Waals surface area (Å²) in [6.45, 7) is 1.94. The van der Waals surface area contributed by atoms with Crippen LogP contribution in [0.5, 0.6) is 0 Å². The van der Waals surface area contributed by atoms with Crippen molar-refractivity contribution in [2.75, 3.05) is 0 Å². The van der Waals surface area contributed by atoms with E-state index < -0.39 is 10.0 Å². The monoisotopic (exact) mass is 326 g/mol. The molecule has 1 heterocycles. The van der Waals surface area contributed by atoms with Crippen molar-refractivity contribution in [3.8, 4) is 11.4 Å². The SMILES string of the molecule is Cc1ccc(-c2nc(C=O)cn2S(=O)(=O)c2ccccc2)cc1. The molecule has 0 bridgehead atoms. The van der Waals surface area contributed by atoms with Crippen molar-refractivity contribution < 1.29 is 13.2 Å². The van der Waals surface area contributed by atoms with Gasteiger partial charge in [-0.25, -0.2) is 17.4 Å². The highest BCUT2D eigenvalue weighted by molar-refractivity contribution is 7.90. The summed E-state index contributed by atoms with van der Waals surface area (Å²) in [5.41, 5.74) is 1.75. The lowest BCUT2D eigenvalue weighted by atomic mass is 10.1. The molecule has 0 atom stereocenters. The smallest absolute Gasteiger partial charge is 0.269 e. The number of aromatic nitrogens is 2. The van der Waals surface area contributed by atoms with Gasteiger partial charge in [0.05, 0.1) is 11.1 Å². The first kappa shape index (κ1) is 15.2. The molecular formula is C17H14N2O3S. The van der Waals surface area contributed by atoms with Crippen LogP contribution in [-0.2, 0) is 10.0 Å². The van der Waals surface area contributed by atoms with Crippen LogP contribution in [0.1, 0.15) is 16.1 Å². The standard InChI is InChI=1S/C17H14N2O3S/c1-13-7-9-14(10-8-13)17-18-15(12-20)11-19(17)23(21,22)16-5-3-2-4-6-16/h2-12H,1H3. The lowest BCUT2D eigenvalue weighted by molar-refractivity contribution is 0.111. The number of rotatable bonds is 4. The van der Waals surface area contributed by atoms with Gasteiger partial charge in [-0.05, 0) is 19.1 Å². The van der Waals surface area contributed by atoms with Gasteiger partial charge >= 0.3 is 0 Å². The molecule has 0 aliphatic rings. The summed E-state index contributed by atoms with van der Waals surface area (Å²) in [6, 6.07) is 15.3. The van der Waals surface area contributed by atoms with Gasteiger partial charge < -0.3 is 0 Å². The second kappa shape index (κ2) is 5.81. The Morgan fingerprint density at radius 1 is 1.00 bits per heavy atom. The Bertz CT molecular complexity index is 943. The minimum Gasteiger partial charge on any atom is -0.296 e. The summed E-state index contributed by atoms with van der Waals surface area (Å²) in [4.78, 5) is 15.3. The molecule has 3 aromatic rings. The number of hydrogen-bond acceptors (Lipinski definition) is 4. The van der Waals surface area contributed by atoms with Crippen LogP contribution in [0.2, 0.25) is 0 Å². The van der Waals surface area contributed by atoms with E-state index in [4.69, 9.17) is 0 Å². The predicted octanol–water partition coefficient (Wildman–Crippen LogP) is 2.91. The van der Waals surface area contributed by atoms with Crippen LogP contribution in [-0.4, -0.2) is 23.7 Å². The topological polar surface area (TPSA) is 69.0 Å². The summed E-state index contributed by atoms with van der Waals surface area (Å²) < 4.78 is 26.7. The molecule has 116 valence electrons. The summed E-state index contributed by atoms with van der Waals surface area (Å²) in [7, 11) is -3.82. The third-order valence-electron chi connectivity index (χ3n) is 3.42. The fourth-order valence-corrected chi connectivity index (χ4v) is 3.57. The lowest BCUT2D eigenvalue weighted by Crippen LogP contribution is -2.13. The number of carbonyl (C=O) groups excluding carboxylic acids is 1. The summed E-state index contributed by atoms with van der Waals surface area (Å²) in [5, 5.41) is 0. The van der Waals surface area contributed by atoms with Crippen molar-refractivity contribution in [3.63, 3.8) is 0 Å². The van der Waals surface area contributed by atoms with E-state index in [2.05, 4.69) is 4.98 Å². The number of nitrogens with zero attached hydrogens (tertiary/aromatic N) is 2. The first-order chi connectivity index (χ1) is 11.0. The van der Waals surface area contributed by atoms with Crippen molar-refractivity contribution >= 4 is 16.3 Å². The molecule has 0 aliphatic carbocycles. The van der Waals surface area contributed by atoms with Crippen molar-refractivity contribution in [1.29, 1.82) is 0 Å². The molecule has 0 unspecified atom stereocenters. The number of aldehydes is 1. The average molecular weight is 326 g/mol. The van der Waals surface area contributed by atoms with E-state index in [1.807, 2.05) is 19.1 Å². The highest BCUT2D eigenvalue weighted by atomic mass is 32.2. The Labute approximate surface area is 134 Å². The molecule has 0 saturated heterocycles. The van der Waals surface area contributed by atoms with Crippen LogP contribution in [0.4, 0.5) is 0 Å². The molecule has 5 nitrogen and oxygen atoms in total. The van der Waals surface area contributed by atoms with Crippen molar-refractivity contribution in [2.24, 2.45) is 0 Å². The molecule has 23 heavy (non-hydrogen) atoms. The molecule has 0 amide bonds. The van der Waals surface area contributed by atoms with Gasteiger partial charge in [-0.2, -0.15) is 0 Å². The van der Waals surface area contributed by atoms with E-state index in [1.54, 1.807) is 30.3 Å². The van der Waals surface area contributed by atoms with Crippen molar-refractivity contribution in [2.45, 2.75) is 11.8 Å². The van der Waals surface area contributed by atoms with Gasteiger partial charge in [0.15, 0.2) is 12.1 Å². The highest BCUT2D eigenvalue weighted by Crippen LogP contribution is 2.24. The summed E-state index contributed by atoms with van der Waals surface area (Å²) in [5.74, 6) is 0.218. The Morgan fingerprint density at radius 2 is 1.65 bits per heavy atom. The molecule has 3 rings (SSSR count). The van der Waals surface area contributed by atoms with Gasteiger partial charge in [-0.3, -0.25) is 4.79 Å². The van der Waals surface area contributed by atoms with E-state index in [0.29, 0.717) is 11.8 Å². The molecule has 0 aliphatic heterocycles. The molecule has 0 N–H and O–H groups in total. The molecule has 6 heteroatoms. The normalized spacial score (nSPS) is 11.3. The number of aryl methyl sites for hydroxylation is 1. The zero-order valence-corrected chi connectivity index (χ0v) is 13.2. The van der Waals surface area contributed by atoms with Crippen LogP contribution in [0.25, 0.3) is 11.4 Å².